The van der Waals surface area contributed by atoms with Gasteiger partial charge < -0.3 is 28.1 Å². The minimum Gasteiger partial charge on any atom is -0.472 e. The van der Waals surface area contributed by atoms with Gasteiger partial charge in [0.25, 0.3) is 0 Å². The Morgan fingerprint density at radius 3 is 2.30 bits per heavy atom. The second-order valence-corrected chi connectivity index (χ2v) is 15.8. The lowest BCUT2D eigenvalue weighted by Gasteiger charge is -2.66. The van der Waals surface area contributed by atoms with Crippen molar-refractivity contribution >= 4 is 29.7 Å². The molecule has 2 bridgehead atoms. The Morgan fingerprint density at radius 2 is 1.70 bits per heavy atom. The molecular formula is C36H48O11. The first-order chi connectivity index (χ1) is 22.0. The number of ketones is 1. The number of carbonyl (C=O) groups is 5. The molecule has 11 nitrogen and oxygen atoms in total. The van der Waals surface area contributed by atoms with Crippen LogP contribution in [0.3, 0.4) is 0 Å². The Kier molecular flexibility index (Phi) is 7.81. The highest BCUT2D eigenvalue weighted by atomic mass is 16.7. The predicted octanol–water partition coefficient (Wildman–Crippen LogP) is 5.14. The largest absolute Gasteiger partial charge is 0.472 e. The van der Waals surface area contributed by atoms with Crippen molar-refractivity contribution in [3.8, 4) is 0 Å². The summed E-state index contributed by atoms with van der Waals surface area (Å²) in [4.78, 5) is 68.9. The van der Waals surface area contributed by atoms with E-state index >= 15 is 4.79 Å². The van der Waals surface area contributed by atoms with Gasteiger partial charge in [-0.1, -0.05) is 55.4 Å². The third-order valence-electron chi connectivity index (χ3n) is 13.0. The van der Waals surface area contributed by atoms with Gasteiger partial charge in [-0.3, -0.25) is 24.0 Å². The van der Waals surface area contributed by atoms with Crippen LogP contribution >= 0.6 is 0 Å². The highest BCUT2D eigenvalue weighted by Crippen LogP contribution is 2.81. The number of fused-ring (bicyclic) bond motifs is 3. The number of methoxy groups -OCH3 is 1. The van der Waals surface area contributed by atoms with Gasteiger partial charge in [0.05, 0.1) is 43.8 Å². The fraction of sp³-hybridized carbons (Fsp3) is 0.750. The summed E-state index contributed by atoms with van der Waals surface area (Å²) in [7, 11) is 1.31. The van der Waals surface area contributed by atoms with Gasteiger partial charge in [-0.05, 0) is 31.2 Å². The van der Waals surface area contributed by atoms with Gasteiger partial charge in [0, 0.05) is 34.1 Å². The number of esters is 4. The number of epoxide rings is 1. The molecule has 5 fully saturated rings. The number of furan rings is 1. The maximum Gasteiger partial charge on any atom is 0.309 e. The van der Waals surface area contributed by atoms with Crippen LogP contribution in [0.25, 0.3) is 0 Å². The molecule has 1 aromatic heterocycles. The molecule has 0 radical (unpaired) electrons. The fourth-order valence-corrected chi connectivity index (χ4v) is 10.2. The first-order valence-electron chi connectivity index (χ1n) is 16.9. The third-order valence-corrected chi connectivity index (χ3v) is 13.0. The van der Waals surface area contributed by atoms with Crippen LogP contribution in [0.15, 0.2) is 23.0 Å². The number of Topliss-reactive ketones (excluding diaryl/α,β-unsaturated/α-hetero) is 1. The quantitative estimate of drug-likeness (QED) is 0.208. The van der Waals surface area contributed by atoms with E-state index in [9.17, 15) is 19.2 Å². The number of hydrogen-bond donors (Lipinski definition) is 0. The van der Waals surface area contributed by atoms with Crippen LogP contribution in [0.1, 0.15) is 99.2 Å². The van der Waals surface area contributed by atoms with Gasteiger partial charge >= 0.3 is 23.9 Å². The van der Waals surface area contributed by atoms with Gasteiger partial charge in [0.15, 0.2) is 0 Å². The summed E-state index contributed by atoms with van der Waals surface area (Å²) >= 11 is 0. The van der Waals surface area contributed by atoms with Crippen LogP contribution in [0.2, 0.25) is 0 Å². The molecule has 0 aromatic carbocycles. The highest BCUT2D eigenvalue weighted by Gasteiger charge is 2.93. The minimum atomic E-state index is -1.30. The number of ether oxygens (including phenoxy) is 5. The molecule has 11 atom stereocenters. The molecule has 47 heavy (non-hydrogen) atoms. The zero-order chi connectivity index (χ0) is 34.5. The Bertz CT molecular complexity index is 1480. The lowest BCUT2D eigenvalue weighted by Crippen LogP contribution is -2.77. The van der Waals surface area contributed by atoms with Gasteiger partial charge in [-0.25, -0.2) is 0 Å². The molecule has 0 amide bonds. The summed E-state index contributed by atoms with van der Waals surface area (Å²) in [5, 5.41) is 0. The van der Waals surface area contributed by atoms with Crippen molar-refractivity contribution in [3.05, 3.63) is 24.2 Å². The standard InChI is InChI=1S/C36H48O11/c1-10-19(4)31(41)45-28-25-26(39)34(8,22(32(28,5)6)15-23(37)42-9)21-11-13-33(7)27(20-12-14-43-17-20)44-24(38)16-35(33)36(21,47-35)29(25)46-30(40)18(2)3/h12,14,17-19,21-22,25,27-29H,10-11,13,15-16H2,1-9H3/t19-,21+,22-,25+,27-,28+,29+,33-,34+,35-,36-/m0/s1. The normalized spacial score (nSPS) is 41.8. The number of hydrogen-bond acceptors (Lipinski definition) is 11. The van der Waals surface area contributed by atoms with E-state index in [-0.39, 0.29) is 18.6 Å². The SMILES string of the molecule is CC[C@H](C)C(=O)O[C@@H]1[C@H]2C(=O)[C@](C)([C@H]3CC[C@@]4(C)[C@H](c5ccoc5)OC(=O)C[C@]45O[C@]35[C@@H]2OC(=O)C(C)C)[C@@H](CC(=O)OC)C1(C)C. The van der Waals surface area contributed by atoms with E-state index in [1.165, 1.54) is 13.4 Å². The molecule has 6 rings (SSSR count). The van der Waals surface area contributed by atoms with Gasteiger partial charge in [0.1, 0.15) is 35.3 Å². The van der Waals surface area contributed by atoms with Crippen molar-refractivity contribution in [2.24, 2.45) is 45.8 Å². The van der Waals surface area contributed by atoms with Crippen molar-refractivity contribution in [2.45, 2.75) is 117 Å². The molecule has 3 aliphatic carbocycles. The molecule has 1 aromatic rings. The molecule has 0 N–H and O–H groups in total. The van der Waals surface area contributed by atoms with E-state index in [1.807, 2.05) is 34.6 Å². The first kappa shape index (κ1) is 33.7. The van der Waals surface area contributed by atoms with Crippen molar-refractivity contribution in [2.75, 3.05) is 7.11 Å². The lowest BCUT2D eigenvalue weighted by molar-refractivity contribution is -0.242. The molecule has 2 aliphatic heterocycles. The topological polar surface area (TPSA) is 148 Å². The second-order valence-electron chi connectivity index (χ2n) is 15.8. The number of cyclic esters (lactones) is 1. The molecule has 0 unspecified atom stereocenters. The molecule has 5 aliphatic rings. The molecule has 2 saturated heterocycles. The number of rotatable bonds is 8. The minimum absolute atomic E-state index is 0.0944. The first-order valence-corrected chi connectivity index (χ1v) is 16.9. The predicted molar refractivity (Wildman–Crippen MR) is 164 cm³/mol. The average Bonchev–Trinajstić information content (AvgIpc) is 3.38. The summed E-state index contributed by atoms with van der Waals surface area (Å²) in [6.45, 7) is 14.8. The molecule has 11 heteroatoms. The Hall–Kier alpha value is -3.21. The Morgan fingerprint density at radius 1 is 1.02 bits per heavy atom. The van der Waals surface area contributed by atoms with Gasteiger partial charge in [0.2, 0.25) is 0 Å². The van der Waals surface area contributed by atoms with Gasteiger partial charge in [-0.15, -0.1) is 0 Å². The van der Waals surface area contributed by atoms with Gasteiger partial charge in [-0.2, -0.15) is 0 Å². The molecule has 3 saturated carbocycles. The summed E-state index contributed by atoms with van der Waals surface area (Å²) in [6, 6.07) is 1.76. The molecular weight excluding hydrogens is 608 g/mol. The maximum atomic E-state index is 15.2. The lowest BCUT2D eigenvalue weighted by atomic mass is 9.36. The van der Waals surface area contributed by atoms with E-state index < -0.39 is 99.2 Å². The zero-order valence-electron chi connectivity index (χ0n) is 28.9. The summed E-state index contributed by atoms with van der Waals surface area (Å²) in [5.74, 6) is -5.45. The average molecular weight is 657 g/mol. The van der Waals surface area contributed by atoms with E-state index in [2.05, 4.69) is 0 Å². The van der Waals surface area contributed by atoms with Crippen molar-refractivity contribution in [3.63, 3.8) is 0 Å². The van der Waals surface area contributed by atoms with Crippen LogP contribution in [0.4, 0.5) is 0 Å². The van der Waals surface area contributed by atoms with E-state index in [1.54, 1.807) is 33.1 Å². The number of carbonyl (C=O) groups excluding carboxylic acids is 5. The van der Waals surface area contributed by atoms with E-state index in [4.69, 9.17) is 28.1 Å². The van der Waals surface area contributed by atoms with Crippen molar-refractivity contribution in [1.82, 2.24) is 0 Å². The van der Waals surface area contributed by atoms with E-state index in [0.29, 0.717) is 24.8 Å². The van der Waals surface area contributed by atoms with Crippen molar-refractivity contribution < 1.29 is 52.1 Å². The summed E-state index contributed by atoms with van der Waals surface area (Å²) in [5.41, 5.74) is -4.69. The molecule has 2 spiro atoms. The van der Waals surface area contributed by atoms with E-state index in [0.717, 1.165) is 0 Å². The maximum absolute atomic E-state index is 15.2. The third kappa shape index (κ3) is 4.29. The Balaban J connectivity index is 1.59. The molecule has 3 heterocycles. The van der Waals surface area contributed by atoms with Crippen LogP contribution < -0.4 is 0 Å². The van der Waals surface area contributed by atoms with Crippen LogP contribution in [0.5, 0.6) is 0 Å². The monoisotopic (exact) mass is 656 g/mol. The summed E-state index contributed by atoms with van der Waals surface area (Å²) < 4.78 is 36.3. The zero-order valence-corrected chi connectivity index (χ0v) is 28.9. The van der Waals surface area contributed by atoms with Crippen molar-refractivity contribution in [1.29, 1.82) is 0 Å². The summed E-state index contributed by atoms with van der Waals surface area (Å²) in [6.07, 6.45) is 1.46. The van der Waals surface area contributed by atoms with Crippen LogP contribution in [-0.4, -0.2) is 60.2 Å². The highest BCUT2D eigenvalue weighted by molar-refractivity contribution is 5.94. The second kappa shape index (κ2) is 10.9. The molecule has 258 valence electrons. The van der Waals surface area contributed by atoms with Crippen LogP contribution in [-0.2, 0) is 47.7 Å². The Labute approximate surface area is 275 Å². The van der Waals surface area contributed by atoms with Crippen LogP contribution in [0, 0.1) is 45.8 Å². The smallest absolute Gasteiger partial charge is 0.309 e. The fourth-order valence-electron chi connectivity index (χ4n) is 10.2.